The van der Waals surface area contributed by atoms with E-state index in [4.69, 9.17) is 19.9 Å². The summed E-state index contributed by atoms with van der Waals surface area (Å²) < 4.78 is 11.8. The van der Waals surface area contributed by atoms with Crippen LogP contribution in [0.3, 0.4) is 0 Å². The zero-order valence-electron chi connectivity index (χ0n) is 10.6. The molecule has 0 saturated heterocycles. The van der Waals surface area contributed by atoms with E-state index in [2.05, 4.69) is 13.8 Å². The number of halogens is 1. The molecule has 16 heavy (non-hydrogen) atoms. The number of hydrogen-bond acceptors (Lipinski definition) is 2. The quantitative estimate of drug-likeness (QED) is 0.503. The van der Waals surface area contributed by atoms with Gasteiger partial charge in [0.15, 0.2) is 0 Å². The second-order valence-corrected chi connectivity index (χ2v) is 8.75. The van der Waals surface area contributed by atoms with Gasteiger partial charge >= 0.3 is 7.87 Å². The van der Waals surface area contributed by atoms with Crippen LogP contribution in [0.1, 0.15) is 58.8 Å². The van der Waals surface area contributed by atoms with Gasteiger partial charge in [-0.1, -0.05) is 44.2 Å². The van der Waals surface area contributed by atoms with Crippen molar-refractivity contribution in [3.8, 4) is 0 Å². The van der Waals surface area contributed by atoms with Crippen molar-refractivity contribution in [3.05, 3.63) is 0 Å². The highest BCUT2D eigenvalue weighted by Crippen LogP contribution is 2.40. The van der Waals surface area contributed by atoms with E-state index in [1.807, 2.05) is 0 Å². The average Bonchev–Trinajstić information content (AvgIpc) is 2.35. The Hall–Kier alpha value is 0.427. The third kappa shape index (κ3) is 4.36. The molecule has 0 heterocycles. The molecule has 0 aromatic heterocycles. The molecule has 4 heteroatoms. The smallest absolute Gasteiger partial charge is 0.383 e. The fourth-order valence-electron chi connectivity index (χ4n) is 2.21. The summed E-state index contributed by atoms with van der Waals surface area (Å²) in [6.07, 6.45) is 8.35. The molecule has 1 rings (SSSR count). The molecule has 0 aliphatic heterocycles. The lowest BCUT2D eigenvalue weighted by atomic mass is 10.0. The Balaban J connectivity index is 2.51. The first-order chi connectivity index (χ1) is 7.73. The van der Waals surface area contributed by atoms with Crippen LogP contribution in [0.5, 0.6) is 0 Å². The van der Waals surface area contributed by atoms with Crippen molar-refractivity contribution in [1.29, 1.82) is 0 Å². The van der Waals surface area contributed by atoms with Crippen molar-refractivity contribution in [1.82, 2.24) is 0 Å². The summed E-state index contributed by atoms with van der Waals surface area (Å²) in [6.45, 7) is 5.73. The van der Waals surface area contributed by atoms with Crippen LogP contribution in [0.4, 0.5) is 0 Å². The molecule has 0 bridgehead atoms. The Morgan fingerprint density at radius 2 is 1.50 bits per heavy atom. The largest absolute Gasteiger partial charge is 0.446 e. The molecule has 0 unspecified atom stereocenters. The summed E-state index contributed by atoms with van der Waals surface area (Å²) >= 11 is 6.67. The van der Waals surface area contributed by atoms with Gasteiger partial charge in [0, 0.05) is 18.8 Å². The maximum atomic E-state index is 6.67. The lowest BCUT2D eigenvalue weighted by molar-refractivity contribution is 0.170. The highest BCUT2D eigenvalue weighted by molar-refractivity contribution is 7.13. The first-order valence-corrected chi connectivity index (χ1v) is 9.60. The standard InChI is InChI=1S/C12H25ClO2Si/c1-3-10-14-16(13,15-11-4-2)12-8-6-5-7-9-12/h12H,3-11H2,1-2H3. The Morgan fingerprint density at radius 3 is 1.94 bits per heavy atom. The van der Waals surface area contributed by atoms with Crippen LogP contribution < -0.4 is 0 Å². The Labute approximate surface area is 106 Å². The SMILES string of the molecule is CCCO[Si](Cl)(OCCC)C1CCCCC1. The zero-order chi connectivity index (χ0) is 11.9. The maximum Gasteiger partial charge on any atom is 0.446 e. The second kappa shape index (κ2) is 7.70. The summed E-state index contributed by atoms with van der Waals surface area (Å²) in [6, 6.07) is 0. The van der Waals surface area contributed by atoms with Crippen LogP contribution in [0.15, 0.2) is 0 Å². The fraction of sp³-hybridized carbons (Fsp3) is 1.00. The normalized spacial score (nSPS) is 18.9. The molecule has 0 spiro atoms. The fourth-order valence-corrected chi connectivity index (χ4v) is 5.94. The van der Waals surface area contributed by atoms with Crippen LogP contribution in [-0.4, -0.2) is 21.1 Å². The number of rotatable bonds is 7. The van der Waals surface area contributed by atoms with Gasteiger partial charge in [-0.15, -0.1) is 0 Å². The summed E-state index contributed by atoms with van der Waals surface area (Å²) in [5.74, 6) is 0. The van der Waals surface area contributed by atoms with Crippen LogP contribution >= 0.6 is 11.1 Å². The van der Waals surface area contributed by atoms with Crippen molar-refractivity contribution >= 4 is 18.9 Å². The van der Waals surface area contributed by atoms with Gasteiger partial charge in [0.2, 0.25) is 0 Å². The second-order valence-electron chi connectivity index (χ2n) is 4.61. The highest BCUT2D eigenvalue weighted by Gasteiger charge is 2.45. The first-order valence-electron chi connectivity index (χ1n) is 6.69. The first kappa shape index (κ1) is 14.5. The minimum Gasteiger partial charge on any atom is -0.383 e. The Bertz CT molecular complexity index is 176. The lowest BCUT2D eigenvalue weighted by Gasteiger charge is -2.34. The van der Waals surface area contributed by atoms with Crippen molar-refractivity contribution in [2.24, 2.45) is 0 Å². The molecule has 1 aliphatic rings. The molecule has 2 nitrogen and oxygen atoms in total. The van der Waals surface area contributed by atoms with Crippen LogP contribution in [0, 0.1) is 0 Å². The van der Waals surface area contributed by atoms with E-state index in [-0.39, 0.29) is 0 Å². The molecular weight excluding hydrogens is 240 g/mol. The lowest BCUT2D eigenvalue weighted by Crippen LogP contribution is -2.42. The van der Waals surface area contributed by atoms with E-state index in [0.717, 1.165) is 26.1 Å². The summed E-state index contributed by atoms with van der Waals surface area (Å²) in [4.78, 5) is 0. The molecule has 0 N–H and O–H groups in total. The van der Waals surface area contributed by atoms with Gasteiger partial charge in [0.05, 0.1) is 0 Å². The number of hydrogen-bond donors (Lipinski definition) is 0. The van der Waals surface area contributed by atoms with Crippen molar-refractivity contribution in [2.75, 3.05) is 13.2 Å². The molecule has 96 valence electrons. The van der Waals surface area contributed by atoms with E-state index in [1.54, 1.807) is 0 Å². The molecule has 1 saturated carbocycles. The minimum absolute atomic E-state index is 0.501. The predicted octanol–water partition coefficient (Wildman–Crippen LogP) is 4.35. The van der Waals surface area contributed by atoms with Gasteiger partial charge in [0.1, 0.15) is 0 Å². The third-order valence-corrected chi connectivity index (χ3v) is 7.43. The molecule has 0 aromatic carbocycles. The topological polar surface area (TPSA) is 18.5 Å². The van der Waals surface area contributed by atoms with Crippen LogP contribution in [0.2, 0.25) is 5.54 Å². The van der Waals surface area contributed by atoms with Gasteiger partial charge < -0.3 is 8.85 Å². The van der Waals surface area contributed by atoms with Gasteiger partial charge in [0.25, 0.3) is 0 Å². The monoisotopic (exact) mass is 264 g/mol. The molecule has 0 amide bonds. The molecule has 0 aromatic rings. The minimum atomic E-state index is -2.42. The Kier molecular flexibility index (Phi) is 6.97. The van der Waals surface area contributed by atoms with Crippen LogP contribution in [0.25, 0.3) is 0 Å². The van der Waals surface area contributed by atoms with E-state index in [0.29, 0.717) is 5.54 Å². The third-order valence-electron chi connectivity index (χ3n) is 3.10. The van der Waals surface area contributed by atoms with Crippen LogP contribution in [-0.2, 0) is 8.85 Å². The zero-order valence-corrected chi connectivity index (χ0v) is 12.4. The molecule has 0 atom stereocenters. The van der Waals surface area contributed by atoms with Gasteiger partial charge in [-0.3, -0.25) is 0 Å². The van der Waals surface area contributed by atoms with Crippen molar-refractivity contribution in [3.63, 3.8) is 0 Å². The van der Waals surface area contributed by atoms with E-state index in [9.17, 15) is 0 Å². The van der Waals surface area contributed by atoms with E-state index in [1.165, 1.54) is 32.1 Å². The Morgan fingerprint density at radius 1 is 1.00 bits per heavy atom. The van der Waals surface area contributed by atoms with E-state index >= 15 is 0 Å². The molecule has 0 radical (unpaired) electrons. The predicted molar refractivity (Wildman–Crippen MR) is 70.9 cm³/mol. The van der Waals surface area contributed by atoms with Gasteiger partial charge in [-0.2, -0.15) is 0 Å². The molecule has 1 aliphatic carbocycles. The van der Waals surface area contributed by atoms with Crippen molar-refractivity contribution < 1.29 is 8.85 Å². The van der Waals surface area contributed by atoms with Gasteiger partial charge in [-0.05, 0) is 25.7 Å². The van der Waals surface area contributed by atoms with E-state index < -0.39 is 7.87 Å². The summed E-state index contributed by atoms with van der Waals surface area (Å²) in [7, 11) is -2.42. The molecule has 1 fully saturated rings. The average molecular weight is 265 g/mol. The van der Waals surface area contributed by atoms with Gasteiger partial charge in [-0.25, -0.2) is 0 Å². The van der Waals surface area contributed by atoms with Crippen molar-refractivity contribution in [2.45, 2.75) is 64.3 Å². The molecular formula is C12H25ClO2Si. The summed E-state index contributed by atoms with van der Waals surface area (Å²) in [5.41, 5.74) is 0.501. The summed E-state index contributed by atoms with van der Waals surface area (Å²) in [5, 5.41) is 0. The maximum absolute atomic E-state index is 6.67. The highest BCUT2D eigenvalue weighted by atomic mass is 35.6.